The van der Waals surface area contributed by atoms with Crippen LogP contribution in [-0.4, -0.2) is 72.3 Å². The minimum atomic E-state index is -0.105. The zero-order valence-corrected chi connectivity index (χ0v) is 17.1. The summed E-state index contributed by atoms with van der Waals surface area (Å²) in [5.41, 5.74) is -0.0906. The first kappa shape index (κ1) is 19.1. The van der Waals surface area contributed by atoms with Gasteiger partial charge in [-0.1, -0.05) is 0 Å². The number of thioether (sulfide) groups is 1. The highest BCUT2D eigenvalue weighted by Crippen LogP contribution is 2.60. The lowest BCUT2D eigenvalue weighted by molar-refractivity contribution is -0.160. The Labute approximate surface area is 165 Å². The first-order valence-electron chi connectivity index (χ1n) is 10.3. The Morgan fingerprint density at radius 3 is 1.96 bits per heavy atom. The first-order valence-corrected chi connectivity index (χ1v) is 11.7. The number of amides is 3. The predicted molar refractivity (Wildman–Crippen MR) is 105 cm³/mol. The molecule has 27 heavy (non-hydrogen) atoms. The fourth-order valence-electron chi connectivity index (χ4n) is 6.34. The van der Waals surface area contributed by atoms with Crippen LogP contribution in [0.15, 0.2) is 0 Å². The second-order valence-corrected chi connectivity index (χ2v) is 9.95. The van der Waals surface area contributed by atoms with Gasteiger partial charge in [-0.05, 0) is 62.5 Å². The Morgan fingerprint density at radius 1 is 0.926 bits per heavy atom. The Balaban J connectivity index is 1.29. The van der Waals surface area contributed by atoms with Crippen LogP contribution in [0.5, 0.6) is 0 Å². The van der Waals surface area contributed by atoms with E-state index in [1.165, 1.54) is 31.0 Å². The molecule has 1 N–H and O–H groups in total. The number of hydrogen-bond acceptors (Lipinski definition) is 4. The van der Waals surface area contributed by atoms with Gasteiger partial charge in [0.15, 0.2) is 0 Å². The van der Waals surface area contributed by atoms with Crippen molar-refractivity contribution in [3.05, 3.63) is 0 Å². The molecule has 6 nitrogen and oxygen atoms in total. The number of hydrogen-bond donors (Lipinski definition) is 1. The summed E-state index contributed by atoms with van der Waals surface area (Å²) >= 11 is 1.44. The molecule has 4 bridgehead atoms. The van der Waals surface area contributed by atoms with Crippen molar-refractivity contribution in [2.45, 2.75) is 38.5 Å². The maximum Gasteiger partial charge on any atom is 0.242 e. The van der Waals surface area contributed by atoms with E-state index in [4.69, 9.17) is 0 Å². The van der Waals surface area contributed by atoms with Gasteiger partial charge in [-0.2, -0.15) is 11.8 Å². The molecular formula is C20H31N3O3S. The van der Waals surface area contributed by atoms with Crippen LogP contribution in [-0.2, 0) is 14.4 Å². The molecule has 1 saturated heterocycles. The fraction of sp³-hybridized carbons (Fsp3) is 0.850. The highest BCUT2D eigenvalue weighted by Gasteiger charge is 2.55. The van der Waals surface area contributed by atoms with E-state index in [1.807, 2.05) is 11.2 Å². The van der Waals surface area contributed by atoms with Crippen molar-refractivity contribution in [1.82, 2.24) is 15.1 Å². The van der Waals surface area contributed by atoms with Crippen LogP contribution < -0.4 is 5.32 Å². The van der Waals surface area contributed by atoms with Gasteiger partial charge in [0.25, 0.3) is 0 Å². The van der Waals surface area contributed by atoms with E-state index in [9.17, 15) is 14.4 Å². The Bertz CT molecular complexity index is 580. The zero-order valence-electron chi connectivity index (χ0n) is 16.2. The SMILES string of the molecule is CSCC(=O)NCC(=O)N1CCN(C(=O)C23CC4CC(CC(C4)C2)C3)CC1. The Morgan fingerprint density at radius 2 is 1.44 bits per heavy atom. The Kier molecular flexibility index (Phi) is 5.41. The van der Waals surface area contributed by atoms with Crippen LogP contribution in [0.3, 0.4) is 0 Å². The summed E-state index contributed by atoms with van der Waals surface area (Å²) in [7, 11) is 0. The van der Waals surface area contributed by atoms with Gasteiger partial charge in [0.1, 0.15) is 0 Å². The molecule has 4 saturated carbocycles. The molecule has 0 radical (unpaired) electrons. The molecule has 0 aromatic rings. The molecule has 0 unspecified atom stereocenters. The van der Waals surface area contributed by atoms with E-state index < -0.39 is 0 Å². The summed E-state index contributed by atoms with van der Waals surface area (Å²) in [5.74, 6) is 2.90. The van der Waals surface area contributed by atoms with Gasteiger partial charge in [-0.3, -0.25) is 14.4 Å². The molecule has 7 heteroatoms. The number of piperazine rings is 1. The van der Waals surface area contributed by atoms with Gasteiger partial charge < -0.3 is 15.1 Å². The molecule has 5 fully saturated rings. The molecule has 150 valence electrons. The van der Waals surface area contributed by atoms with Crippen molar-refractivity contribution in [1.29, 1.82) is 0 Å². The van der Waals surface area contributed by atoms with Crippen molar-refractivity contribution in [2.24, 2.45) is 23.2 Å². The monoisotopic (exact) mass is 393 g/mol. The van der Waals surface area contributed by atoms with Gasteiger partial charge >= 0.3 is 0 Å². The standard InChI is InChI=1S/C20H31N3O3S/c1-27-13-17(24)21-12-18(25)22-2-4-23(5-3-22)19(26)20-9-14-6-15(10-20)8-16(7-14)11-20/h14-16H,2-13H2,1H3,(H,21,24). The maximum absolute atomic E-state index is 13.4. The predicted octanol–water partition coefficient (Wildman–Crippen LogP) is 1.35. The summed E-state index contributed by atoms with van der Waals surface area (Å²) in [6.07, 6.45) is 9.18. The fourth-order valence-corrected chi connectivity index (χ4v) is 6.70. The van der Waals surface area contributed by atoms with Crippen LogP contribution in [0.2, 0.25) is 0 Å². The van der Waals surface area contributed by atoms with E-state index in [0.717, 1.165) is 37.0 Å². The van der Waals surface area contributed by atoms with Crippen LogP contribution in [0, 0.1) is 23.2 Å². The van der Waals surface area contributed by atoms with E-state index in [0.29, 0.717) is 37.8 Å². The Hall–Kier alpha value is -1.24. The van der Waals surface area contributed by atoms with Crippen LogP contribution in [0.25, 0.3) is 0 Å². The molecular weight excluding hydrogens is 362 g/mol. The minimum Gasteiger partial charge on any atom is -0.346 e. The third-order valence-corrected chi connectivity index (χ3v) is 7.67. The highest BCUT2D eigenvalue weighted by molar-refractivity contribution is 7.99. The average molecular weight is 394 g/mol. The summed E-state index contributed by atoms with van der Waals surface area (Å²) in [4.78, 5) is 41.0. The second kappa shape index (κ2) is 7.64. The topological polar surface area (TPSA) is 69.7 Å². The third kappa shape index (κ3) is 3.84. The van der Waals surface area contributed by atoms with Gasteiger partial charge in [-0.15, -0.1) is 0 Å². The lowest BCUT2D eigenvalue weighted by Crippen LogP contribution is -2.59. The number of carbonyl (C=O) groups is 3. The van der Waals surface area contributed by atoms with Crippen LogP contribution >= 0.6 is 11.8 Å². The first-order chi connectivity index (χ1) is 13.0. The van der Waals surface area contributed by atoms with Crippen molar-refractivity contribution in [2.75, 3.05) is 44.7 Å². The quantitative estimate of drug-likeness (QED) is 0.766. The maximum atomic E-state index is 13.4. The number of rotatable bonds is 5. The summed E-state index contributed by atoms with van der Waals surface area (Å²) in [6.45, 7) is 2.48. The average Bonchev–Trinajstić information content (AvgIpc) is 2.65. The van der Waals surface area contributed by atoms with E-state index >= 15 is 0 Å². The smallest absolute Gasteiger partial charge is 0.242 e. The molecule has 5 aliphatic rings. The van der Waals surface area contributed by atoms with Gasteiger partial charge in [0.05, 0.1) is 17.7 Å². The molecule has 4 aliphatic carbocycles. The largest absolute Gasteiger partial charge is 0.346 e. The molecule has 1 aliphatic heterocycles. The minimum absolute atomic E-state index is 0.0497. The summed E-state index contributed by atoms with van der Waals surface area (Å²) in [6, 6.07) is 0. The number of nitrogens with one attached hydrogen (secondary N) is 1. The van der Waals surface area contributed by atoms with Crippen molar-refractivity contribution in [3.8, 4) is 0 Å². The summed E-state index contributed by atoms with van der Waals surface area (Å²) in [5, 5.41) is 2.67. The molecule has 0 atom stereocenters. The molecule has 5 rings (SSSR count). The normalized spacial score (nSPS) is 34.6. The van der Waals surface area contributed by atoms with E-state index in [2.05, 4.69) is 5.32 Å². The molecule has 0 spiro atoms. The third-order valence-electron chi connectivity index (χ3n) is 7.12. The van der Waals surface area contributed by atoms with Crippen molar-refractivity contribution < 1.29 is 14.4 Å². The molecule has 1 heterocycles. The molecule has 0 aromatic carbocycles. The lowest BCUT2D eigenvalue weighted by atomic mass is 9.49. The van der Waals surface area contributed by atoms with Gasteiger partial charge in [0, 0.05) is 26.2 Å². The number of carbonyl (C=O) groups excluding carboxylic acids is 3. The summed E-state index contributed by atoms with van der Waals surface area (Å²) < 4.78 is 0. The van der Waals surface area contributed by atoms with Crippen LogP contribution in [0.4, 0.5) is 0 Å². The van der Waals surface area contributed by atoms with Crippen molar-refractivity contribution >= 4 is 29.5 Å². The highest BCUT2D eigenvalue weighted by atomic mass is 32.2. The van der Waals surface area contributed by atoms with Crippen molar-refractivity contribution in [3.63, 3.8) is 0 Å². The van der Waals surface area contributed by atoms with Crippen LogP contribution in [0.1, 0.15) is 38.5 Å². The molecule has 3 amide bonds. The molecule has 0 aromatic heterocycles. The second-order valence-electron chi connectivity index (χ2n) is 9.08. The van der Waals surface area contributed by atoms with E-state index in [1.54, 1.807) is 4.90 Å². The van der Waals surface area contributed by atoms with Gasteiger partial charge in [-0.25, -0.2) is 0 Å². The zero-order chi connectivity index (χ0) is 19.0. The lowest BCUT2D eigenvalue weighted by Gasteiger charge is -2.57. The van der Waals surface area contributed by atoms with E-state index in [-0.39, 0.29) is 23.8 Å². The number of nitrogens with zero attached hydrogens (tertiary/aromatic N) is 2. The van der Waals surface area contributed by atoms with Gasteiger partial charge in [0.2, 0.25) is 17.7 Å².